The molecule has 4 N–H and O–H groups in total. The van der Waals surface area contributed by atoms with Gasteiger partial charge in [0, 0.05) is 23.8 Å². The quantitative estimate of drug-likeness (QED) is 0.313. The van der Waals surface area contributed by atoms with E-state index in [0.29, 0.717) is 17.7 Å². The van der Waals surface area contributed by atoms with Gasteiger partial charge in [-0.2, -0.15) is 11.8 Å². The van der Waals surface area contributed by atoms with Gasteiger partial charge in [0.15, 0.2) is 0 Å². The van der Waals surface area contributed by atoms with Gasteiger partial charge in [0.2, 0.25) is 0 Å². The van der Waals surface area contributed by atoms with Crippen molar-refractivity contribution >= 4 is 17.6 Å². The number of nitrogens with two attached hydrogens (primary N) is 1. The number of nitrogens with one attached hydrogen (secondary N) is 1. The summed E-state index contributed by atoms with van der Waals surface area (Å²) in [5.41, 5.74) is 6.92. The van der Waals surface area contributed by atoms with Crippen molar-refractivity contribution in [2.75, 3.05) is 5.75 Å². The molecule has 3 atom stereocenters. The monoisotopic (exact) mass is 307 g/mol. The van der Waals surface area contributed by atoms with Gasteiger partial charge < -0.3 is 16.3 Å². The molecule has 1 aliphatic carbocycles. The Morgan fingerprint density at radius 2 is 2.19 bits per heavy atom. The maximum absolute atomic E-state index is 8.86. The fourth-order valence-electron chi connectivity index (χ4n) is 3.00. The van der Waals surface area contributed by atoms with Crippen LogP contribution in [-0.2, 0) is 0 Å². The van der Waals surface area contributed by atoms with Crippen molar-refractivity contribution in [1.82, 2.24) is 5.32 Å². The summed E-state index contributed by atoms with van der Waals surface area (Å²) in [5.74, 6) is 1.42. The predicted octanol–water partition coefficient (Wildman–Crippen LogP) is 3.13. The van der Waals surface area contributed by atoms with Gasteiger partial charge in [-0.3, -0.25) is 0 Å². The summed E-state index contributed by atoms with van der Waals surface area (Å²) < 4.78 is 0. The van der Waals surface area contributed by atoms with Crippen molar-refractivity contribution in [3.05, 3.63) is 35.9 Å². The molecule has 3 unspecified atom stereocenters. The zero-order valence-corrected chi connectivity index (χ0v) is 13.4. The number of hydrogen-bond acceptors (Lipinski definition) is 4. The van der Waals surface area contributed by atoms with Crippen LogP contribution in [0.2, 0.25) is 0 Å². The zero-order valence-electron chi connectivity index (χ0n) is 12.5. The summed E-state index contributed by atoms with van der Waals surface area (Å²) in [6.07, 6.45) is 4.29. The van der Waals surface area contributed by atoms with Crippen LogP contribution in [-0.4, -0.2) is 28.1 Å². The van der Waals surface area contributed by atoms with Gasteiger partial charge in [-0.05, 0) is 24.2 Å². The number of amidine groups is 1. The minimum Gasteiger partial charge on any atom is -0.409 e. The first kappa shape index (κ1) is 16.2. The lowest BCUT2D eigenvalue weighted by atomic mass is 10.0. The van der Waals surface area contributed by atoms with E-state index in [2.05, 4.69) is 29.5 Å². The predicted molar refractivity (Wildman–Crippen MR) is 89.9 cm³/mol. The fourth-order valence-corrected chi connectivity index (χ4v) is 4.21. The third kappa shape index (κ3) is 4.64. The van der Waals surface area contributed by atoms with Gasteiger partial charge in [-0.15, -0.1) is 0 Å². The average Bonchev–Trinajstić information content (AvgIpc) is 2.95. The van der Waals surface area contributed by atoms with Crippen molar-refractivity contribution in [1.29, 1.82) is 0 Å². The van der Waals surface area contributed by atoms with Gasteiger partial charge in [-0.25, -0.2) is 0 Å². The number of hydrogen-bond donors (Lipinski definition) is 3. The van der Waals surface area contributed by atoms with E-state index in [4.69, 9.17) is 10.9 Å². The summed E-state index contributed by atoms with van der Waals surface area (Å²) >= 11 is 2.04. The van der Waals surface area contributed by atoms with Crippen LogP contribution in [0.4, 0.5) is 0 Å². The standard InChI is InChI=1S/C16H25N3OS/c1-2-21-15-10-6-9-13(15)18-14(11-16(17)19-20)12-7-4-3-5-8-12/h3-5,7-8,13-15,18,20H,2,6,9-11H2,1H3,(H2,17,19). The Labute approximate surface area is 131 Å². The number of nitrogens with zero attached hydrogens (tertiary/aromatic N) is 1. The molecule has 116 valence electrons. The number of thioether (sulfide) groups is 1. The second-order valence-corrected chi connectivity index (χ2v) is 6.97. The first-order chi connectivity index (χ1) is 10.2. The molecule has 2 rings (SSSR count). The molecule has 5 heteroatoms. The molecule has 1 aliphatic rings. The molecule has 0 amide bonds. The first-order valence-corrected chi connectivity index (χ1v) is 8.68. The number of oxime groups is 1. The highest BCUT2D eigenvalue weighted by Gasteiger charge is 2.29. The summed E-state index contributed by atoms with van der Waals surface area (Å²) in [6, 6.07) is 10.9. The Hall–Kier alpha value is -1.20. The van der Waals surface area contributed by atoms with E-state index in [1.54, 1.807) is 0 Å². The van der Waals surface area contributed by atoms with Gasteiger partial charge in [0.05, 0.1) is 0 Å². The number of rotatable bonds is 7. The van der Waals surface area contributed by atoms with Crippen LogP contribution >= 0.6 is 11.8 Å². The van der Waals surface area contributed by atoms with E-state index in [9.17, 15) is 0 Å². The molecule has 1 saturated carbocycles. The summed E-state index contributed by atoms with van der Waals surface area (Å²) in [5, 5.41) is 16.4. The Balaban J connectivity index is 2.08. The van der Waals surface area contributed by atoms with Crippen LogP contribution in [0.5, 0.6) is 0 Å². The Kier molecular flexibility index (Phi) is 6.39. The van der Waals surface area contributed by atoms with Crippen LogP contribution < -0.4 is 11.1 Å². The highest BCUT2D eigenvalue weighted by molar-refractivity contribution is 7.99. The molecule has 0 bridgehead atoms. The molecule has 1 aromatic carbocycles. The van der Waals surface area contributed by atoms with Crippen molar-refractivity contribution in [2.45, 2.75) is 49.9 Å². The fraction of sp³-hybridized carbons (Fsp3) is 0.562. The molecule has 0 aromatic heterocycles. The minimum absolute atomic E-state index is 0.102. The maximum atomic E-state index is 8.86. The molecule has 0 radical (unpaired) electrons. The van der Waals surface area contributed by atoms with E-state index < -0.39 is 0 Å². The third-order valence-electron chi connectivity index (χ3n) is 3.99. The van der Waals surface area contributed by atoms with Crippen LogP contribution in [0.15, 0.2) is 35.5 Å². The molecule has 21 heavy (non-hydrogen) atoms. The molecule has 0 aliphatic heterocycles. The number of benzene rings is 1. The van der Waals surface area contributed by atoms with Crippen LogP contribution in [0.3, 0.4) is 0 Å². The zero-order chi connectivity index (χ0) is 15.1. The second-order valence-electron chi connectivity index (χ2n) is 5.46. The lowest BCUT2D eigenvalue weighted by molar-refractivity contribution is 0.315. The van der Waals surface area contributed by atoms with E-state index in [1.165, 1.54) is 24.8 Å². The normalized spacial score (nSPS) is 24.1. The molecule has 0 heterocycles. The molecule has 4 nitrogen and oxygen atoms in total. The van der Waals surface area contributed by atoms with Crippen molar-refractivity contribution < 1.29 is 5.21 Å². The van der Waals surface area contributed by atoms with Crippen LogP contribution in [0.25, 0.3) is 0 Å². The summed E-state index contributed by atoms with van der Waals surface area (Å²) in [7, 11) is 0. The Morgan fingerprint density at radius 1 is 1.43 bits per heavy atom. The topological polar surface area (TPSA) is 70.6 Å². The highest BCUT2D eigenvalue weighted by Crippen LogP contribution is 2.32. The minimum atomic E-state index is 0.102. The average molecular weight is 307 g/mol. The van der Waals surface area contributed by atoms with Gasteiger partial charge >= 0.3 is 0 Å². The van der Waals surface area contributed by atoms with Crippen molar-refractivity contribution in [3.8, 4) is 0 Å². The smallest absolute Gasteiger partial charge is 0.141 e. The van der Waals surface area contributed by atoms with E-state index >= 15 is 0 Å². The Morgan fingerprint density at radius 3 is 2.86 bits per heavy atom. The Bertz CT molecular complexity index is 452. The van der Waals surface area contributed by atoms with Gasteiger partial charge in [0.25, 0.3) is 0 Å². The van der Waals surface area contributed by atoms with E-state index in [0.717, 1.165) is 5.75 Å². The van der Waals surface area contributed by atoms with Gasteiger partial charge in [-0.1, -0.05) is 48.8 Å². The van der Waals surface area contributed by atoms with E-state index in [-0.39, 0.29) is 11.9 Å². The summed E-state index contributed by atoms with van der Waals surface area (Å²) in [4.78, 5) is 0. The molecular weight excluding hydrogens is 282 g/mol. The molecular formula is C16H25N3OS. The molecule has 0 spiro atoms. The van der Waals surface area contributed by atoms with Gasteiger partial charge in [0.1, 0.15) is 5.84 Å². The molecule has 1 aromatic rings. The van der Waals surface area contributed by atoms with E-state index in [1.807, 2.05) is 30.0 Å². The molecule has 0 saturated heterocycles. The summed E-state index contributed by atoms with van der Waals surface area (Å²) in [6.45, 7) is 2.21. The van der Waals surface area contributed by atoms with Crippen LogP contribution in [0.1, 0.15) is 44.2 Å². The first-order valence-electron chi connectivity index (χ1n) is 7.63. The second kappa shape index (κ2) is 8.29. The SMILES string of the molecule is CCSC1CCCC1NC(C/C(N)=N/O)c1ccccc1. The maximum Gasteiger partial charge on any atom is 0.141 e. The van der Waals surface area contributed by atoms with Crippen molar-refractivity contribution in [3.63, 3.8) is 0 Å². The molecule has 1 fully saturated rings. The highest BCUT2D eigenvalue weighted by atomic mass is 32.2. The third-order valence-corrected chi connectivity index (χ3v) is 5.32. The van der Waals surface area contributed by atoms with Crippen molar-refractivity contribution in [2.24, 2.45) is 10.9 Å². The lowest BCUT2D eigenvalue weighted by Crippen LogP contribution is -2.38. The van der Waals surface area contributed by atoms with Crippen LogP contribution in [0, 0.1) is 0 Å². The largest absolute Gasteiger partial charge is 0.409 e. The lowest BCUT2D eigenvalue weighted by Gasteiger charge is -2.27.